The molecule has 12 heavy (non-hydrogen) atoms. The van der Waals surface area contributed by atoms with Gasteiger partial charge < -0.3 is 4.74 Å². The third kappa shape index (κ3) is 8.04. The van der Waals surface area contributed by atoms with E-state index in [1.54, 1.807) is 6.92 Å². The van der Waals surface area contributed by atoms with Crippen LogP contribution in [0.1, 0.15) is 26.7 Å². The Balaban J connectivity index is 3.41. The summed E-state index contributed by atoms with van der Waals surface area (Å²) in [5.41, 5.74) is 0. The smallest absolute Gasteiger partial charge is 0.330 e. The second-order valence-corrected chi connectivity index (χ2v) is 4.64. The van der Waals surface area contributed by atoms with E-state index in [0.29, 0.717) is 10.5 Å². The molecule has 1 atom stereocenters. The number of allylic oxidation sites excluding steroid dienone is 1. The minimum atomic E-state index is -0.237. The third-order valence-corrected chi connectivity index (χ3v) is 1.89. The van der Waals surface area contributed by atoms with Gasteiger partial charge in [0.25, 0.3) is 0 Å². The summed E-state index contributed by atoms with van der Waals surface area (Å²) in [5, 5.41) is 0. The lowest BCUT2D eigenvalue weighted by Gasteiger charge is -1.97. The van der Waals surface area contributed by atoms with Crippen LogP contribution in [0.25, 0.3) is 0 Å². The van der Waals surface area contributed by atoms with Crippen molar-refractivity contribution in [2.75, 3.05) is 6.61 Å². The summed E-state index contributed by atoms with van der Waals surface area (Å²) in [7, 11) is 0. The second kappa shape index (κ2) is 7.58. The molecule has 0 radical (unpaired) electrons. The topological polar surface area (TPSA) is 26.3 Å². The molecule has 0 saturated heterocycles. The lowest BCUT2D eigenvalue weighted by molar-refractivity contribution is -0.137. The molecular formula is C9H15IO2. The second-order valence-electron chi connectivity index (χ2n) is 2.51. The van der Waals surface area contributed by atoms with E-state index in [1.807, 2.05) is 6.08 Å². The van der Waals surface area contributed by atoms with Gasteiger partial charge in [0.05, 0.1) is 6.61 Å². The Hall–Kier alpha value is -0.0600. The first-order valence-electron chi connectivity index (χ1n) is 4.14. The summed E-state index contributed by atoms with van der Waals surface area (Å²) < 4.78 is 5.38. The Morgan fingerprint density at radius 2 is 2.33 bits per heavy atom. The number of rotatable bonds is 5. The number of carbonyl (C=O) groups is 1. The van der Waals surface area contributed by atoms with Gasteiger partial charge in [-0.3, -0.25) is 0 Å². The summed E-state index contributed by atoms with van der Waals surface area (Å²) >= 11 is 2.37. The zero-order valence-corrected chi connectivity index (χ0v) is 9.71. The fraction of sp³-hybridized carbons (Fsp3) is 0.667. The highest BCUT2D eigenvalue weighted by Gasteiger charge is 1.94. The number of hydrogen-bond acceptors (Lipinski definition) is 2. The molecule has 0 fully saturated rings. The minimum Gasteiger partial charge on any atom is -0.463 e. The molecule has 0 aliphatic heterocycles. The Labute approximate surface area is 87.5 Å². The molecule has 3 heteroatoms. The van der Waals surface area contributed by atoms with Crippen LogP contribution in [-0.2, 0) is 9.53 Å². The van der Waals surface area contributed by atoms with Gasteiger partial charge in [0.2, 0.25) is 0 Å². The summed E-state index contributed by atoms with van der Waals surface area (Å²) in [6, 6.07) is 0. The maximum atomic E-state index is 10.8. The molecule has 0 aromatic heterocycles. The van der Waals surface area contributed by atoms with Crippen molar-refractivity contribution >= 4 is 28.6 Å². The predicted octanol–water partition coefficient (Wildman–Crippen LogP) is 2.71. The van der Waals surface area contributed by atoms with Crippen molar-refractivity contribution in [2.45, 2.75) is 30.6 Å². The summed E-state index contributed by atoms with van der Waals surface area (Å²) in [5.74, 6) is -0.237. The van der Waals surface area contributed by atoms with E-state index in [9.17, 15) is 4.79 Å². The van der Waals surface area contributed by atoms with Crippen molar-refractivity contribution < 1.29 is 9.53 Å². The first-order chi connectivity index (χ1) is 5.66. The van der Waals surface area contributed by atoms with E-state index in [1.165, 1.54) is 6.08 Å². The van der Waals surface area contributed by atoms with E-state index < -0.39 is 0 Å². The number of carbonyl (C=O) groups excluding carboxylic acids is 1. The fourth-order valence-corrected chi connectivity index (χ4v) is 1.06. The SMILES string of the molecule is CCOC(=O)/C=C/CCC(C)I. The van der Waals surface area contributed by atoms with E-state index in [0.717, 1.165) is 12.8 Å². The zero-order chi connectivity index (χ0) is 9.40. The van der Waals surface area contributed by atoms with E-state index in [-0.39, 0.29) is 5.97 Å². The van der Waals surface area contributed by atoms with Crippen LogP contribution < -0.4 is 0 Å². The molecule has 0 aromatic rings. The summed E-state index contributed by atoms with van der Waals surface area (Å²) in [6.07, 6.45) is 5.43. The largest absolute Gasteiger partial charge is 0.463 e. The zero-order valence-electron chi connectivity index (χ0n) is 7.55. The normalized spacial score (nSPS) is 13.2. The molecule has 0 amide bonds. The summed E-state index contributed by atoms with van der Waals surface area (Å²) in [4.78, 5) is 10.8. The van der Waals surface area contributed by atoms with Gasteiger partial charge in [-0.05, 0) is 19.8 Å². The molecule has 0 saturated carbocycles. The lowest BCUT2D eigenvalue weighted by Crippen LogP contribution is -1.98. The van der Waals surface area contributed by atoms with E-state index in [4.69, 9.17) is 4.74 Å². The number of hydrogen-bond donors (Lipinski definition) is 0. The fourth-order valence-electron chi connectivity index (χ4n) is 0.696. The molecule has 70 valence electrons. The van der Waals surface area contributed by atoms with Crippen molar-refractivity contribution in [3.63, 3.8) is 0 Å². The van der Waals surface area contributed by atoms with Crippen LogP contribution in [0.4, 0.5) is 0 Å². The van der Waals surface area contributed by atoms with Crippen molar-refractivity contribution in [3.05, 3.63) is 12.2 Å². The highest BCUT2D eigenvalue weighted by Crippen LogP contribution is 2.07. The predicted molar refractivity (Wildman–Crippen MR) is 58.5 cm³/mol. The van der Waals surface area contributed by atoms with Gasteiger partial charge in [-0.2, -0.15) is 0 Å². The molecule has 0 N–H and O–H groups in total. The number of alkyl halides is 1. The van der Waals surface area contributed by atoms with Crippen LogP contribution in [0.3, 0.4) is 0 Å². The molecule has 0 heterocycles. The molecule has 0 aliphatic carbocycles. The van der Waals surface area contributed by atoms with Crippen molar-refractivity contribution in [1.82, 2.24) is 0 Å². The molecule has 2 nitrogen and oxygen atoms in total. The van der Waals surface area contributed by atoms with Gasteiger partial charge in [-0.25, -0.2) is 4.79 Å². The van der Waals surface area contributed by atoms with Gasteiger partial charge in [-0.15, -0.1) is 0 Å². The van der Waals surface area contributed by atoms with Gasteiger partial charge in [0, 0.05) is 10.0 Å². The Morgan fingerprint density at radius 1 is 1.67 bits per heavy atom. The van der Waals surface area contributed by atoms with Crippen LogP contribution >= 0.6 is 22.6 Å². The maximum Gasteiger partial charge on any atom is 0.330 e. The van der Waals surface area contributed by atoms with Crippen molar-refractivity contribution in [2.24, 2.45) is 0 Å². The highest BCUT2D eigenvalue weighted by atomic mass is 127. The van der Waals surface area contributed by atoms with Crippen LogP contribution in [0, 0.1) is 0 Å². The quantitative estimate of drug-likeness (QED) is 0.335. The van der Waals surface area contributed by atoms with Crippen LogP contribution in [0.15, 0.2) is 12.2 Å². The van der Waals surface area contributed by atoms with Gasteiger partial charge in [0.15, 0.2) is 0 Å². The first-order valence-corrected chi connectivity index (χ1v) is 5.38. The monoisotopic (exact) mass is 282 g/mol. The van der Waals surface area contributed by atoms with Crippen LogP contribution in [0.5, 0.6) is 0 Å². The molecule has 1 unspecified atom stereocenters. The average molecular weight is 282 g/mol. The number of ether oxygens (including phenoxy) is 1. The van der Waals surface area contributed by atoms with Crippen LogP contribution in [-0.4, -0.2) is 16.5 Å². The molecule has 0 spiro atoms. The van der Waals surface area contributed by atoms with Crippen molar-refractivity contribution in [3.8, 4) is 0 Å². The van der Waals surface area contributed by atoms with E-state index in [2.05, 4.69) is 29.5 Å². The highest BCUT2D eigenvalue weighted by molar-refractivity contribution is 14.1. The molecule has 0 aromatic carbocycles. The number of halogens is 1. The lowest BCUT2D eigenvalue weighted by atomic mass is 10.2. The minimum absolute atomic E-state index is 0.237. The van der Waals surface area contributed by atoms with Crippen molar-refractivity contribution in [1.29, 1.82) is 0 Å². The first kappa shape index (κ1) is 11.9. The third-order valence-electron chi connectivity index (χ3n) is 1.27. The summed E-state index contributed by atoms with van der Waals surface area (Å²) in [6.45, 7) is 4.41. The average Bonchev–Trinajstić information content (AvgIpc) is 1.98. The number of esters is 1. The van der Waals surface area contributed by atoms with E-state index >= 15 is 0 Å². The molecule has 0 rings (SSSR count). The Kier molecular flexibility index (Phi) is 7.54. The maximum absolute atomic E-state index is 10.8. The van der Waals surface area contributed by atoms with Gasteiger partial charge in [0.1, 0.15) is 0 Å². The van der Waals surface area contributed by atoms with Gasteiger partial charge in [-0.1, -0.05) is 35.6 Å². The standard InChI is InChI=1S/C9H15IO2/c1-3-12-9(11)7-5-4-6-8(2)10/h5,7-8H,3-4,6H2,1-2H3/b7-5+. The Morgan fingerprint density at radius 3 is 2.83 bits per heavy atom. The molecule has 0 bridgehead atoms. The molecule has 0 aliphatic rings. The molecular weight excluding hydrogens is 267 g/mol. The Bertz CT molecular complexity index is 153. The van der Waals surface area contributed by atoms with Crippen LogP contribution in [0.2, 0.25) is 0 Å². The van der Waals surface area contributed by atoms with Gasteiger partial charge >= 0.3 is 5.97 Å².